The first-order valence-electron chi connectivity index (χ1n) is 5.47. The number of hydrogen-bond donors (Lipinski definition) is 0. The van der Waals surface area contributed by atoms with Crippen molar-refractivity contribution in [1.82, 2.24) is 14.6 Å². The first-order valence-corrected chi connectivity index (χ1v) is 5.47. The maximum atomic E-state index is 7.66. The Balaban J connectivity index is 2.04. The van der Waals surface area contributed by atoms with Gasteiger partial charge in [0.25, 0.3) is 0 Å². The minimum absolute atomic E-state index is 0.363. The van der Waals surface area contributed by atoms with Crippen molar-refractivity contribution in [2.24, 2.45) is 0 Å². The largest absolute Gasteiger partial charge is 0.440 e. The number of hydrogen-bond acceptors (Lipinski definition) is 3. The molecule has 0 aromatic carbocycles. The van der Waals surface area contributed by atoms with Crippen LogP contribution in [0.25, 0.3) is 5.65 Å². The van der Waals surface area contributed by atoms with Crippen molar-refractivity contribution < 1.29 is 9.76 Å². The zero-order valence-corrected chi connectivity index (χ0v) is 10.3. The van der Waals surface area contributed by atoms with Crippen LogP contribution < -0.4 is 5.46 Å². The van der Waals surface area contributed by atoms with Crippen LogP contribution in [0.2, 0.25) is 0 Å². The zero-order valence-electron chi connectivity index (χ0n) is 10.3. The Bertz CT molecular complexity index is 519. The molecule has 0 amide bonds. The molecule has 5 nitrogen and oxygen atoms in total. The third kappa shape index (κ3) is 3.28. The number of nitrogens with zero attached hydrogens (tertiary/aromatic N) is 3. The minimum atomic E-state index is -0.579. The van der Waals surface area contributed by atoms with Crippen LogP contribution in [0.4, 0.5) is 0 Å². The van der Waals surface area contributed by atoms with Crippen LogP contribution in [0.15, 0.2) is 18.3 Å². The van der Waals surface area contributed by atoms with E-state index in [1.54, 1.807) is 12.0 Å². The first-order chi connectivity index (χ1) is 7.94. The fraction of sp³-hybridized carbons (Fsp3) is 0.455. The maximum absolute atomic E-state index is 7.66. The van der Waals surface area contributed by atoms with Crippen LogP contribution in [0, 0.1) is 6.92 Å². The molecule has 0 saturated heterocycles. The molecule has 0 bridgehead atoms. The smallest absolute Gasteiger partial charge is 0.332 e. The molecular weight excluding hydrogens is 217 g/mol. The van der Waals surface area contributed by atoms with Crippen molar-refractivity contribution in [3.8, 4) is 0 Å². The average Bonchev–Trinajstić information content (AvgIpc) is 2.55. The second-order valence-electron chi connectivity index (χ2n) is 4.74. The summed E-state index contributed by atoms with van der Waals surface area (Å²) in [5.41, 5.74) is 1.15. The molecule has 0 aliphatic heterocycles. The Morgan fingerprint density at radius 2 is 2.24 bits per heavy atom. The molecule has 2 aromatic heterocycles. The topological polar surface area (TPSA) is 62.3 Å². The lowest BCUT2D eigenvalue weighted by atomic mass is 9.89. The Morgan fingerprint density at radius 3 is 2.94 bits per heavy atom. The van der Waals surface area contributed by atoms with Gasteiger partial charge >= 0.3 is 7.48 Å². The van der Waals surface area contributed by atoms with Crippen LogP contribution in [0.1, 0.15) is 19.7 Å². The van der Waals surface area contributed by atoms with Crippen LogP contribution in [0.5, 0.6) is 0 Å². The summed E-state index contributed by atoms with van der Waals surface area (Å²) in [6.45, 7) is 5.84. The summed E-state index contributed by atoms with van der Waals surface area (Å²) in [4.78, 5) is 4.24. The Labute approximate surface area is 101 Å². The van der Waals surface area contributed by atoms with E-state index < -0.39 is 5.60 Å². The van der Waals surface area contributed by atoms with Crippen molar-refractivity contribution in [3.63, 3.8) is 0 Å². The standard InChI is InChI=1S/C11H15BN3O2/c1-8-13-10-5-4-9(6-15(10)14-8)12-17-7-11(2,3)16/h4-6,16H,7H2,1-3H3/p+1. The molecule has 17 heavy (non-hydrogen) atoms. The quantitative estimate of drug-likeness (QED) is 0.542. The zero-order chi connectivity index (χ0) is 12.5. The summed E-state index contributed by atoms with van der Waals surface area (Å²) in [7, 11) is 1.65. The van der Waals surface area contributed by atoms with E-state index in [0.29, 0.717) is 6.61 Å². The average molecular weight is 233 g/mol. The molecule has 0 spiro atoms. The SMILES string of the molecule is Cc1nc2ccc([B]OCC(C)(C)[OH2+])cn2n1. The number of fused-ring (bicyclic) bond motifs is 1. The van der Waals surface area contributed by atoms with Gasteiger partial charge in [-0.1, -0.05) is 6.07 Å². The van der Waals surface area contributed by atoms with Gasteiger partial charge in [0.05, 0.1) is 0 Å². The van der Waals surface area contributed by atoms with Crippen LogP contribution in [-0.4, -0.2) is 39.4 Å². The molecule has 2 heterocycles. The van der Waals surface area contributed by atoms with Gasteiger partial charge < -0.3 is 9.76 Å². The Kier molecular flexibility index (Phi) is 3.17. The van der Waals surface area contributed by atoms with Crippen LogP contribution >= 0.6 is 0 Å². The third-order valence-electron chi connectivity index (χ3n) is 2.12. The van der Waals surface area contributed by atoms with E-state index >= 15 is 0 Å². The molecule has 0 saturated carbocycles. The number of pyridine rings is 1. The summed E-state index contributed by atoms with van der Waals surface area (Å²) in [6.07, 6.45) is 1.85. The van der Waals surface area contributed by atoms with Gasteiger partial charge in [-0.3, -0.25) is 0 Å². The predicted octanol–water partition coefficient (Wildman–Crippen LogP) is -0.198. The van der Waals surface area contributed by atoms with Gasteiger partial charge in [0, 0.05) is 20.0 Å². The summed E-state index contributed by atoms with van der Waals surface area (Å²) >= 11 is 0. The lowest BCUT2D eigenvalue weighted by Crippen LogP contribution is -2.30. The van der Waals surface area contributed by atoms with E-state index in [4.69, 9.17) is 9.76 Å². The highest BCUT2D eigenvalue weighted by atomic mass is 16.4. The fourth-order valence-electron chi connectivity index (χ4n) is 1.43. The molecule has 0 aliphatic carbocycles. The van der Waals surface area contributed by atoms with Gasteiger partial charge in [-0.2, -0.15) is 5.10 Å². The van der Waals surface area contributed by atoms with E-state index in [9.17, 15) is 0 Å². The van der Waals surface area contributed by atoms with Gasteiger partial charge in [0.2, 0.25) is 0 Å². The van der Waals surface area contributed by atoms with Crippen molar-refractivity contribution in [2.45, 2.75) is 26.4 Å². The molecule has 1 radical (unpaired) electrons. The van der Waals surface area contributed by atoms with Crippen molar-refractivity contribution in [3.05, 3.63) is 24.2 Å². The predicted molar refractivity (Wildman–Crippen MR) is 66.8 cm³/mol. The van der Waals surface area contributed by atoms with E-state index in [-0.39, 0.29) is 0 Å². The summed E-state index contributed by atoms with van der Waals surface area (Å²) in [5.74, 6) is 0.746. The van der Waals surface area contributed by atoms with Gasteiger partial charge in [-0.25, -0.2) is 9.50 Å². The number of rotatable bonds is 4. The molecule has 0 fully saturated rings. The molecular formula is C11H16BN3O2+. The van der Waals surface area contributed by atoms with Gasteiger partial charge in [0.1, 0.15) is 12.4 Å². The van der Waals surface area contributed by atoms with Gasteiger partial charge in [-0.05, 0) is 18.5 Å². The molecule has 89 valence electrons. The lowest BCUT2D eigenvalue weighted by Gasteiger charge is -2.12. The Hall–Kier alpha value is -1.40. The highest BCUT2D eigenvalue weighted by molar-refractivity contribution is 6.46. The minimum Gasteiger partial charge on any atom is -0.440 e. The van der Waals surface area contributed by atoms with Crippen molar-refractivity contribution >= 4 is 18.6 Å². The third-order valence-corrected chi connectivity index (χ3v) is 2.12. The normalized spacial score (nSPS) is 12.0. The van der Waals surface area contributed by atoms with Crippen LogP contribution in [-0.2, 0) is 4.65 Å². The summed E-state index contributed by atoms with van der Waals surface area (Å²) in [5, 5.41) is 11.9. The molecule has 6 heteroatoms. The Morgan fingerprint density at radius 1 is 1.47 bits per heavy atom. The second kappa shape index (κ2) is 4.47. The molecule has 2 aromatic rings. The summed E-state index contributed by atoms with van der Waals surface area (Å²) in [6, 6.07) is 3.81. The van der Waals surface area contributed by atoms with E-state index in [1.807, 2.05) is 39.1 Å². The van der Waals surface area contributed by atoms with E-state index in [1.165, 1.54) is 0 Å². The first kappa shape index (κ1) is 12.1. The van der Waals surface area contributed by atoms with E-state index in [2.05, 4.69) is 10.1 Å². The molecule has 0 aliphatic rings. The molecule has 0 unspecified atom stereocenters. The second-order valence-corrected chi connectivity index (χ2v) is 4.74. The maximum Gasteiger partial charge on any atom is 0.332 e. The summed E-state index contributed by atoms with van der Waals surface area (Å²) < 4.78 is 7.08. The lowest BCUT2D eigenvalue weighted by molar-refractivity contribution is 0.0304. The van der Waals surface area contributed by atoms with E-state index in [0.717, 1.165) is 16.9 Å². The highest BCUT2D eigenvalue weighted by Crippen LogP contribution is 2.01. The molecule has 2 N–H and O–H groups in total. The number of aromatic nitrogens is 3. The molecule has 2 rings (SSSR count). The van der Waals surface area contributed by atoms with Gasteiger partial charge in [0.15, 0.2) is 11.2 Å². The van der Waals surface area contributed by atoms with Gasteiger partial charge in [-0.15, -0.1) is 0 Å². The fourth-order valence-corrected chi connectivity index (χ4v) is 1.43. The monoisotopic (exact) mass is 233 g/mol. The van der Waals surface area contributed by atoms with Crippen molar-refractivity contribution in [1.29, 1.82) is 0 Å². The molecule has 0 atom stereocenters. The number of aryl methyl sites for hydroxylation is 1. The highest BCUT2D eigenvalue weighted by Gasteiger charge is 2.17. The van der Waals surface area contributed by atoms with Crippen LogP contribution in [0.3, 0.4) is 0 Å². The van der Waals surface area contributed by atoms with Crippen molar-refractivity contribution in [2.75, 3.05) is 6.61 Å².